The molecule has 4 nitrogen and oxygen atoms in total. The number of rotatable bonds is 8. The van der Waals surface area contributed by atoms with Crippen molar-refractivity contribution in [2.75, 3.05) is 9.80 Å². The van der Waals surface area contributed by atoms with E-state index in [9.17, 15) is 10.5 Å². The van der Waals surface area contributed by atoms with Crippen LogP contribution in [0.25, 0.3) is 43.4 Å². The lowest BCUT2D eigenvalue weighted by molar-refractivity contribution is 0.636. The Hall–Kier alpha value is -7.92. The summed E-state index contributed by atoms with van der Waals surface area (Å²) in [6, 6.07) is 66.2. The van der Waals surface area contributed by atoms with Crippen LogP contribution in [0, 0.1) is 28.6 Å². The molecule has 9 aromatic carbocycles. The average Bonchev–Trinajstić information content (AvgIpc) is 3.30. The molecular formula is C55H38N4. The fraction of sp³-hybridized carbons (Fsp3) is 0.0545. The zero-order chi connectivity index (χ0) is 39.9. The molecule has 1 aliphatic rings. The van der Waals surface area contributed by atoms with Gasteiger partial charge in [0.1, 0.15) is 0 Å². The molecule has 0 N–H and O–H groups in total. The van der Waals surface area contributed by atoms with E-state index in [2.05, 4.69) is 187 Å². The highest BCUT2D eigenvalue weighted by atomic mass is 15.2. The van der Waals surface area contributed by atoms with Gasteiger partial charge in [-0.15, -0.1) is 0 Å². The van der Waals surface area contributed by atoms with Gasteiger partial charge in [-0.05, 0) is 111 Å². The number of nitrogens with zero attached hydrogens (tertiary/aromatic N) is 4. The molecule has 0 spiro atoms. The van der Waals surface area contributed by atoms with Crippen molar-refractivity contribution in [1.82, 2.24) is 0 Å². The van der Waals surface area contributed by atoms with Crippen molar-refractivity contribution in [2.24, 2.45) is 5.92 Å². The molecule has 0 fully saturated rings. The molecule has 4 heteroatoms. The predicted octanol–water partition coefficient (Wildman–Crippen LogP) is 14.8. The van der Waals surface area contributed by atoms with E-state index in [1.54, 1.807) is 0 Å². The van der Waals surface area contributed by atoms with Crippen LogP contribution in [0.15, 0.2) is 200 Å². The Morgan fingerprint density at radius 1 is 0.441 bits per heavy atom. The van der Waals surface area contributed by atoms with Crippen LogP contribution in [0.5, 0.6) is 0 Å². The summed E-state index contributed by atoms with van der Waals surface area (Å²) >= 11 is 0. The van der Waals surface area contributed by atoms with E-state index >= 15 is 0 Å². The summed E-state index contributed by atoms with van der Waals surface area (Å²) in [7, 11) is 0. The van der Waals surface area contributed by atoms with Gasteiger partial charge in [0.2, 0.25) is 0 Å². The molecule has 0 radical (unpaired) electrons. The van der Waals surface area contributed by atoms with Crippen LogP contribution in [0.4, 0.5) is 34.1 Å². The lowest BCUT2D eigenvalue weighted by Gasteiger charge is -2.32. The first-order chi connectivity index (χ1) is 29.1. The van der Waals surface area contributed by atoms with Gasteiger partial charge < -0.3 is 9.80 Å². The van der Waals surface area contributed by atoms with Crippen LogP contribution in [-0.2, 0) is 0 Å². The maximum Gasteiger partial charge on any atom is 0.0991 e. The molecule has 0 aromatic heterocycles. The lowest BCUT2D eigenvalue weighted by atomic mass is 9.83. The zero-order valence-corrected chi connectivity index (χ0v) is 32.5. The van der Waals surface area contributed by atoms with Crippen molar-refractivity contribution in [2.45, 2.75) is 12.8 Å². The molecule has 2 unspecified atom stereocenters. The molecule has 10 rings (SSSR count). The summed E-state index contributed by atoms with van der Waals surface area (Å²) in [4.78, 5) is 4.71. The molecule has 0 amide bonds. The topological polar surface area (TPSA) is 54.1 Å². The summed E-state index contributed by atoms with van der Waals surface area (Å²) in [5, 5.41) is 26.5. The van der Waals surface area contributed by atoms with Crippen LogP contribution >= 0.6 is 0 Å². The molecule has 1 aliphatic carbocycles. The summed E-state index contributed by atoms with van der Waals surface area (Å²) in [6.07, 6.45) is 8.88. The lowest BCUT2D eigenvalue weighted by Crippen LogP contribution is -2.16. The number of benzene rings is 9. The number of anilines is 6. The maximum absolute atomic E-state index is 9.75. The number of allylic oxidation sites excluding steroid dienone is 4. The van der Waals surface area contributed by atoms with E-state index in [1.165, 1.54) is 16.3 Å². The van der Waals surface area contributed by atoms with Gasteiger partial charge in [0, 0.05) is 39.3 Å². The molecule has 59 heavy (non-hydrogen) atoms. The second kappa shape index (κ2) is 14.9. The van der Waals surface area contributed by atoms with Gasteiger partial charge in [-0.1, -0.05) is 134 Å². The smallest absolute Gasteiger partial charge is 0.0991 e. The summed E-state index contributed by atoms with van der Waals surface area (Å²) in [6.45, 7) is 2.28. The fourth-order valence-electron chi connectivity index (χ4n) is 8.95. The molecule has 0 aliphatic heterocycles. The Kier molecular flexibility index (Phi) is 8.94. The molecule has 9 aromatic rings. The van der Waals surface area contributed by atoms with Gasteiger partial charge in [0.05, 0.1) is 40.3 Å². The van der Waals surface area contributed by atoms with Crippen molar-refractivity contribution in [3.63, 3.8) is 0 Å². The van der Waals surface area contributed by atoms with Gasteiger partial charge in [-0.25, -0.2) is 0 Å². The molecule has 0 heterocycles. The van der Waals surface area contributed by atoms with Crippen molar-refractivity contribution >= 4 is 66.4 Å². The number of nitriles is 2. The van der Waals surface area contributed by atoms with E-state index in [0.717, 1.165) is 66.8 Å². The second-order valence-electron chi connectivity index (χ2n) is 15.2. The Balaban J connectivity index is 1.23. The Morgan fingerprint density at radius 3 is 1.51 bits per heavy atom. The zero-order valence-electron chi connectivity index (χ0n) is 32.5. The van der Waals surface area contributed by atoms with Crippen LogP contribution in [-0.4, -0.2) is 0 Å². The number of hydrogen-bond donors (Lipinski definition) is 0. The van der Waals surface area contributed by atoms with Gasteiger partial charge in [0.15, 0.2) is 0 Å². The minimum Gasteiger partial charge on any atom is -0.310 e. The van der Waals surface area contributed by atoms with Gasteiger partial charge in [-0.3, -0.25) is 0 Å². The van der Waals surface area contributed by atoms with Crippen molar-refractivity contribution < 1.29 is 0 Å². The first kappa shape index (κ1) is 35.5. The molecule has 0 bridgehead atoms. The van der Waals surface area contributed by atoms with Gasteiger partial charge in [-0.2, -0.15) is 10.5 Å². The second-order valence-corrected chi connectivity index (χ2v) is 15.2. The molecule has 0 saturated carbocycles. The van der Waals surface area contributed by atoms with Gasteiger partial charge >= 0.3 is 0 Å². The van der Waals surface area contributed by atoms with E-state index in [4.69, 9.17) is 0 Å². The van der Waals surface area contributed by atoms with Crippen molar-refractivity contribution in [3.05, 3.63) is 217 Å². The largest absolute Gasteiger partial charge is 0.310 e. The number of para-hydroxylation sites is 2. The minimum atomic E-state index is 0.200. The maximum atomic E-state index is 9.75. The molecule has 278 valence electrons. The first-order valence-electron chi connectivity index (χ1n) is 20.0. The highest BCUT2D eigenvalue weighted by Crippen LogP contribution is 2.50. The van der Waals surface area contributed by atoms with Crippen LogP contribution < -0.4 is 9.80 Å². The summed E-state index contributed by atoms with van der Waals surface area (Å²) in [5.41, 5.74) is 10.9. The average molecular weight is 755 g/mol. The Morgan fingerprint density at radius 2 is 0.932 bits per heavy atom. The highest BCUT2D eigenvalue weighted by molar-refractivity contribution is 6.28. The summed E-state index contributed by atoms with van der Waals surface area (Å²) in [5.74, 6) is 0.529. The van der Waals surface area contributed by atoms with Crippen LogP contribution in [0.1, 0.15) is 29.5 Å². The first-order valence-corrected chi connectivity index (χ1v) is 20.0. The van der Waals surface area contributed by atoms with E-state index in [1.807, 2.05) is 42.5 Å². The minimum absolute atomic E-state index is 0.200. The molecule has 2 atom stereocenters. The van der Waals surface area contributed by atoms with Gasteiger partial charge in [0.25, 0.3) is 0 Å². The number of hydrogen-bond acceptors (Lipinski definition) is 4. The van der Waals surface area contributed by atoms with Crippen molar-refractivity contribution in [1.29, 1.82) is 10.5 Å². The molecular weight excluding hydrogens is 717 g/mol. The monoisotopic (exact) mass is 754 g/mol. The predicted molar refractivity (Wildman–Crippen MR) is 245 cm³/mol. The van der Waals surface area contributed by atoms with E-state index in [0.29, 0.717) is 17.0 Å². The van der Waals surface area contributed by atoms with Crippen LogP contribution in [0.3, 0.4) is 0 Å². The van der Waals surface area contributed by atoms with E-state index in [-0.39, 0.29) is 5.92 Å². The summed E-state index contributed by atoms with van der Waals surface area (Å²) < 4.78 is 0. The Labute approximate surface area is 344 Å². The third-order valence-corrected chi connectivity index (χ3v) is 11.8. The standard InChI is InChI=1S/C55H38N4/c1-37-11-5-6-14-45(37)47-16-8-10-18-51(47)59(44-29-21-39(36-57)22-30-44)53-34-26-42-23-31-48-52(33-25-41-24-32-49(53)55(42)54(41)48)58(43-27-19-38(35-56)20-28-43)50-17-9-7-15-46(50)40-12-3-2-4-13-40/h2-34,37,45H,1H3. The third-order valence-electron chi connectivity index (χ3n) is 11.8. The molecule has 0 saturated heterocycles. The Bertz CT molecular complexity index is 3150. The quantitative estimate of drug-likeness (QED) is 0.145. The normalized spacial score (nSPS) is 14.7. The van der Waals surface area contributed by atoms with Crippen LogP contribution in [0.2, 0.25) is 0 Å². The fourth-order valence-corrected chi connectivity index (χ4v) is 8.95. The van der Waals surface area contributed by atoms with E-state index < -0.39 is 0 Å². The van der Waals surface area contributed by atoms with Crippen molar-refractivity contribution in [3.8, 4) is 23.3 Å². The highest BCUT2D eigenvalue weighted by Gasteiger charge is 2.26. The SMILES string of the molecule is CC1C=CC=CC1c1ccccc1N(c1ccc(C#N)cc1)c1ccc2ccc3c(N(c4ccc(C#N)cc4)c4ccccc4-c4ccccc4)ccc4ccc1c2c43. The third kappa shape index (κ3) is 6.16.